The van der Waals surface area contributed by atoms with E-state index in [4.69, 9.17) is 0 Å². The molecular weight excluding hydrogens is 250 g/mol. The van der Waals surface area contributed by atoms with Gasteiger partial charge in [0.25, 0.3) is 5.56 Å². The van der Waals surface area contributed by atoms with Gasteiger partial charge in [-0.3, -0.25) is 4.79 Å². The molecule has 0 spiro atoms. The van der Waals surface area contributed by atoms with Gasteiger partial charge in [-0.05, 0) is 50.3 Å². The molecule has 0 aromatic carbocycles. The molecule has 0 radical (unpaired) electrons. The summed E-state index contributed by atoms with van der Waals surface area (Å²) in [6.07, 6.45) is 3.68. The fraction of sp³-hybridized carbons (Fsp3) is 0.688. The van der Waals surface area contributed by atoms with E-state index in [-0.39, 0.29) is 5.56 Å². The lowest BCUT2D eigenvalue weighted by molar-refractivity contribution is 0.257. The van der Waals surface area contributed by atoms with Gasteiger partial charge in [0.1, 0.15) is 5.69 Å². The number of aromatic nitrogens is 1. The average molecular weight is 273 g/mol. The molecule has 0 saturated carbocycles. The van der Waals surface area contributed by atoms with Gasteiger partial charge in [0.2, 0.25) is 0 Å². The number of fused-ring (bicyclic) bond motifs is 4. The van der Waals surface area contributed by atoms with Crippen molar-refractivity contribution in [1.82, 2.24) is 9.88 Å². The van der Waals surface area contributed by atoms with Crippen molar-refractivity contribution in [3.63, 3.8) is 0 Å². The third-order valence-corrected chi connectivity index (χ3v) is 5.22. The summed E-state index contributed by atoms with van der Waals surface area (Å²) >= 11 is 0. The summed E-state index contributed by atoms with van der Waals surface area (Å²) in [4.78, 5) is 15.3. The second-order valence-corrected chi connectivity index (χ2v) is 6.67. The van der Waals surface area contributed by atoms with Gasteiger partial charge in [-0.15, -0.1) is 0 Å². The van der Waals surface area contributed by atoms with Crippen LogP contribution in [0.4, 0.5) is 5.69 Å². The minimum absolute atomic E-state index is 0.262. The van der Waals surface area contributed by atoms with Crippen LogP contribution in [0.3, 0.4) is 0 Å². The predicted molar refractivity (Wildman–Crippen MR) is 80.6 cm³/mol. The predicted octanol–water partition coefficient (Wildman–Crippen LogP) is 1.46. The number of aryl methyl sites for hydroxylation is 1. The van der Waals surface area contributed by atoms with Crippen LogP contribution in [0.2, 0.25) is 0 Å². The van der Waals surface area contributed by atoms with Crippen molar-refractivity contribution in [3.05, 3.63) is 27.7 Å². The maximum Gasteiger partial charge on any atom is 0.274 e. The molecule has 1 aromatic heterocycles. The number of anilines is 1. The standard InChI is InChI=1S/C16H23N3O/c1-11-6-14-13-7-12(8-17-9-13)10-19(14)16(20)15(11)18-4-2-3-5-18/h6,12-13,17H,2-5,7-10H2,1H3. The highest BCUT2D eigenvalue weighted by Crippen LogP contribution is 2.34. The summed E-state index contributed by atoms with van der Waals surface area (Å²) in [6.45, 7) is 7.19. The van der Waals surface area contributed by atoms with E-state index < -0.39 is 0 Å². The molecule has 1 aromatic rings. The first kappa shape index (κ1) is 12.5. The van der Waals surface area contributed by atoms with E-state index in [0.717, 1.165) is 38.4 Å². The fourth-order valence-electron chi connectivity index (χ4n) is 4.29. The number of hydrogen-bond acceptors (Lipinski definition) is 3. The third kappa shape index (κ3) is 1.81. The molecule has 2 unspecified atom stereocenters. The maximum absolute atomic E-state index is 13.0. The van der Waals surface area contributed by atoms with E-state index >= 15 is 0 Å². The van der Waals surface area contributed by atoms with Crippen molar-refractivity contribution in [3.8, 4) is 0 Å². The normalized spacial score (nSPS) is 28.6. The molecule has 4 nitrogen and oxygen atoms in total. The van der Waals surface area contributed by atoms with E-state index in [2.05, 4.69) is 27.8 Å². The second kappa shape index (κ2) is 4.62. The van der Waals surface area contributed by atoms with E-state index in [1.807, 2.05) is 0 Å². The van der Waals surface area contributed by atoms with Crippen LogP contribution in [0.15, 0.2) is 10.9 Å². The molecule has 2 bridgehead atoms. The zero-order valence-corrected chi connectivity index (χ0v) is 12.2. The van der Waals surface area contributed by atoms with Crippen LogP contribution in [0.1, 0.15) is 36.4 Å². The summed E-state index contributed by atoms with van der Waals surface area (Å²) in [5.41, 5.74) is 3.67. The van der Waals surface area contributed by atoms with Crippen molar-refractivity contribution in [2.75, 3.05) is 31.1 Å². The largest absolute Gasteiger partial charge is 0.367 e. The first-order chi connectivity index (χ1) is 9.74. The van der Waals surface area contributed by atoms with E-state index in [1.54, 1.807) is 0 Å². The number of piperidine rings is 1. The molecule has 0 aliphatic carbocycles. The highest BCUT2D eigenvalue weighted by atomic mass is 16.1. The van der Waals surface area contributed by atoms with Gasteiger partial charge in [0.05, 0.1) is 0 Å². The van der Waals surface area contributed by atoms with Gasteiger partial charge >= 0.3 is 0 Å². The number of nitrogens with zero attached hydrogens (tertiary/aromatic N) is 2. The van der Waals surface area contributed by atoms with Crippen LogP contribution >= 0.6 is 0 Å². The highest BCUT2D eigenvalue weighted by molar-refractivity contribution is 5.53. The van der Waals surface area contributed by atoms with Crippen LogP contribution in [-0.2, 0) is 6.54 Å². The molecule has 2 atom stereocenters. The first-order valence-corrected chi connectivity index (χ1v) is 7.94. The quantitative estimate of drug-likeness (QED) is 0.842. The zero-order chi connectivity index (χ0) is 13.7. The minimum Gasteiger partial charge on any atom is -0.367 e. The Morgan fingerprint density at radius 1 is 1.25 bits per heavy atom. The summed E-state index contributed by atoms with van der Waals surface area (Å²) in [7, 11) is 0. The Kier molecular flexibility index (Phi) is 2.88. The minimum atomic E-state index is 0.262. The summed E-state index contributed by atoms with van der Waals surface area (Å²) in [6, 6.07) is 2.28. The number of nitrogens with one attached hydrogen (secondary N) is 1. The fourth-order valence-corrected chi connectivity index (χ4v) is 4.29. The lowest BCUT2D eigenvalue weighted by Crippen LogP contribution is -2.46. The van der Waals surface area contributed by atoms with Crippen molar-refractivity contribution >= 4 is 5.69 Å². The van der Waals surface area contributed by atoms with Gasteiger partial charge in [-0.2, -0.15) is 0 Å². The van der Waals surface area contributed by atoms with Crippen LogP contribution in [0.25, 0.3) is 0 Å². The Bertz CT molecular complexity index is 586. The van der Waals surface area contributed by atoms with Crippen LogP contribution in [-0.4, -0.2) is 30.7 Å². The molecule has 1 N–H and O–H groups in total. The highest BCUT2D eigenvalue weighted by Gasteiger charge is 2.32. The van der Waals surface area contributed by atoms with Crippen molar-refractivity contribution in [2.24, 2.45) is 5.92 Å². The van der Waals surface area contributed by atoms with E-state index in [9.17, 15) is 4.79 Å². The first-order valence-electron chi connectivity index (χ1n) is 7.94. The van der Waals surface area contributed by atoms with Gasteiger partial charge in [0, 0.05) is 37.8 Å². The number of hydrogen-bond donors (Lipinski definition) is 1. The molecular formula is C16H23N3O. The number of pyridine rings is 1. The maximum atomic E-state index is 13.0. The Hall–Kier alpha value is -1.29. The van der Waals surface area contributed by atoms with Gasteiger partial charge < -0.3 is 14.8 Å². The second-order valence-electron chi connectivity index (χ2n) is 6.67. The molecule has 2 fully saturated rings. The summed E-state index contributed by atoms with van der Waals surface area (Å²) in [5.74, 6) is 1.16. The van der Waals surface area contributed by atoms with Gasteiger partial charge in [0.15, 0.2) is 0 Å². The Morgan fingerprint density at radius 2 is 2.05 bits per heavy atom. The van der Waals surface area contributed by atoms with Gasteiger partial charge in [-0.25, -0.2) is 0 Å². The Morgan fingerprint density at radius 3 is 2.85 bits per heavy atom. The molecule has 108 valence electrons. The number of rotatable bonds is 1. The monoisotopic (exact) mass is 273 g/mol. The third-order valence-electron chi connectivity index (χ3n) is 5.22. The van der Waals surface area contributed by atoms with Crippen molar-refractivity contribution in [1.29, 1.82) is 0 Å². The van der Waals surface area contributed by atoms with Crippen molar-refractivity contribution in [2.45, 2.75) is 38.6 Å². The zero-order valence-electron chi connectivity index (χ0n) is 12.2. The van der Waals surface area contributed by atoms with Crippen LogP contribution in [0, 0.1) is 12.8 Å². The SMILES string of the molecule is Cc1cc2n(c(=O)c1N1CCCC1)CC1CNCC2C1. The topological polar surface area (TPSA) is 37.3 Å². The molecule has 3 aliphatic heterocycles. The van der Waals surface area contributed by atoms with Crippen molar-refractivity contribution < 1.29 is 0 Å². The van der Waals surface area contributed by atoms with Crippen LogP contribution < -0.4 is 15.8 Å². The molecule has 2 saturated heterocycles. The molecule has 20 heavy (non-hydrogen) atoms. The summed E-state index contributed by atoms with van der Waals surface area (Å²) in [5, 5.41) is 3.51. The molecule has 4 heterocycles. The molecule has 3 aliphatic rings. The van der Waals surface area contributed by atoms with Gasteiger partial charge in [-0.1, -0.05) is 0 Å². The average Bonchev–Trinajstić information content (AvgIpc) is 2.95. The lowest BCUT2D eigenvalue weighted by atomic mass is 9.83. The molecule has 4 rings (SSSR count). The Labute approximate surface area is 119 Å². The van der Waals surface area contributed by atoms with Crippen LogP contribution in [0.5, 0.6) is 0 Å². The smallest absolute Gasteiger partial charge is 0.274 e. The molecule has 4 heteroatoms. The van der Waals surface area contributed by atoms with E-state index in [1.165, 1.54) is 30.5 Å². The lowest BCUT2D eigenvalue weighted by Gasteiger charge is -2.38. The van der Waals surface area contributed by atoms with E-state index in [0.29, 0.717) is 11.8 Å². The Balaban J connectivity index is 1.84. The molecule has 0 amide bonds. The summed E-state index contributed by atoms with van der Waals surface area (Å²) < 4.78 is 2.08.